The number of hydrogen-bond donors (Lipinski definition) is 1. The molecule has 1 heterocycles. The number of aromatic nitrogens is 1. The van der Waals surface area contributed by atoms with Crippen molar-refractivity contribution in [2.45, 2.75) is 31.6 Å². The maximum absolute atomic E-state index is 12.7. The van der Waals surface area contributed by atoms with Crippen molar-refractivity contribution in [1.29, 1.82) is 0 Å². The minimum atomic E-state index is -4.56. The van der Waals surface area contributed by atoms with E-state index in [-0.39, 0.29) is 6.04 Å². The molecule has 0 saturated heterocycles. The molecular weight excluding hydrogens is 321 g/mol. The molecule has 24 heavy (non-hydrogen) atoms. The second kappa shape index (κ2) is 6.14. The molecule has 1 unspecified atom stereocenters. The van der Waals surface area contributed by atoms with Crippen molar-refractivity contribution in [2.75, 3.05) is 0 Å². The van der Waals surface area contributed by atoms with Crippen molar-refractivity contribution in [3.8, 4) is 0 Å². The first-order valence-corrected chi connectivity index (χ1v) is 7.49. The third-order valence-electron chi connectivity index (χ3n) is 4.09. The quantitative estimate of drug-likeness (QED) is 0.937. The highest BCUT2D eigenvalue weighted by Crippen LogP contribution is 2.30. The van der Waals surface area contributed by atoms with Crippen LogP contribution in [-0.2, 0) is 23.9 Å². The average Bonchev–Trinajstić information content (AvgIpc) is 2.91. The van der Waals surface area contributed by atoms with Gasteiger partial charge in [0, 0.05) is 12.3 Å². The lowest BCUT2D eigenvalue weighted by molar-refractivity contribution is -0.138. The minimum absolute atomic E-state index is 0.171. The lowest BCUT2D eigenvalue weighted by Gasteiger charge is -2.15. The Morgan fingerprint density at radius 3 is 2.71 bits per heavy atom. The fourth-order valence-corrected chi connectivity index (χ4v) is 2.92. The normalized spacial score (nSPS) is 16.7. The standard InChI is InChI=1S/C17H15F3N2O2/c18-17(19,20)12-6-8-16(24)22(9-12)10-15(23)21-14-7-5-11-3-1-2-4-13(11)14/h1-4,6,8-9,14H,5,7,10H2,(H,21,23). The van der Waals surface area contributed by atoms with Gasteiger partial charge >= 0.3 is 6.18 Å². The zero-order valence-electron chi connectivity index (χ0n) is 12.6. The van der Waals surface area contributed by atoms with Crippen LogP contribution in [0.25, 0.3) is 0 Å². The molecule has 0 saturated carbocycles. The van der Waals surface area contributed by atoms with Crippen LogP contribution < -0.4 is 10.9 Å². The van der Waals surface area contributed by atoms with E-state index in [2.05, 4.69) is 5.32 Å². The zero-order chi connectivity index (χ0) is 17.3. The summed E-state index contributed by atoms with van der Waals surface area (Å²) < 4.78 is 38.9. The van der Waals surface area contributed by atoms with Crippen molar-refractivity contribution in [1.82, 2.24) is 9.88 Å². The van der Waals surface area contributed by atoms with Gasteiger partial charge in [0.05, 0.1) is 11.6 Å². The number of pyridine rings is 1. The number of nitrogens with one attached hydrogen (secondary N) is 1. The second-order valence-corrected chi connectivity index (χ2v) is 5.74. The largest absolute Gasteiger partial charge is 0.417 e. The number of hydrogen-bond acceptors (Lipinski definition) is 2. The predicted molar refractivity (Wildman–Crippen MR) is 81.4 cm³/mol. The average molecular weight is 336 g/mol. The molecule has 1 aliphatic carbocycles. The van der Waals surface area contributed by atoms with Crippen molar-refractivity contribution >= 4 is 5.91 Å². The molecular formula is C17H15F3N2O2. The van der Waals surface area contributed by atoms with Crippen molar-refractivity contribution in [2.24, 2.45) is 0 Å². The number of benzene rings is 1. The summed E-state index contributed by atoms with van der Waals surface area (Å²) >= 11 is 0. The van der Waals surface area contributed by atoms with Gasteiger partial charge in [0.2, 0.25) is 5.91 Å². The molecule has 0 spiro atoms. The molecule has 2 aromatic rings. The Kier molecular flexibility index (Phi) is 4.17. The Hall–Kier alpha value is -2.57. The molecule has 0 fully saturated rings. The molecule has 0 aliphatic heterocycles. The SMILES string of the molecule is O=C(Cn1cc(C(F)(F)F)ccc1=O)NC1CCc2ccccc21. The monoisotopic (exact) mass is 336 g/mol. The summed E-state index contributed by atoms with van der Waals surface area (Å²) in [5.41, 5.74) is 0.562. The number of carbonyl (C=O) groups is 1. The summed E-state index contributed by atoms with van der Waals surface area (Å²) in [5, 5.41) is 2.79. The number of aryl methyl sites for hydroxylation is 1. The van der Waals surface area contributed by atoms with E-state index in [0.717, 1.165) is 34.6 Å². The van der Waals surface area contributed by atoms with E-state index < -0.39 is 29.8 Å². The highest BCUT2D eigenvalue weighted by Gasteiger charge is 2.31. The molecule has 1 atom stereocenters. The molecule has 3 rings (SSSR count). The number of alkyl halides is 3. The van der Waals surface area contributed by atoms with Crippen LogP contribution in [0.2, 0.25) is 0 Å². The maximum atomic E-state index is 12.7. The van der Waals surface area contributed by atoms with E-state index >= 15 is 0 Å². The van der Waals surface area contributed by atoms with E-state index in [1.54, 1.807) is 0 Å². The number of fused-ring (bicyclic) bond motifs is 1. The van der Waals surface area contributed by atoms with E-state index in [9.17, 15) is 22.8 Å². The molecule has 1 aliphatic rings. The Labute approximate surface area is 135 Å². The summed E-state index contributed by atoms with van der Waals surface area (Å²) in [7, 11) is 0. The number of nitrogens with zero attached hydrogens (tertiary/aromatic N) is 1. The molecule has 7 heteroatoms. The van der Waals surface area contributed by atoms with Gasteiger partial charge in [-0.15, -0.1) is 0 Å². The van der Waals surface area contributed by atoms with Crippen molar-refractivity contribution < 1.29 is 18.0 Å². The van der Waals surface area contributed by atoms with Crippen LogP contribution in [-0.4, -0.2) is 10.5 Å². The summed E-state index contributed by atoms with van der Waals surface area (Å²) in [4.78, 5) is 23.8. The van der Waals surface area contributed by atoms with Gasteiger partial charge in [-0.05, 0) is 30.0 Å². The van der Waals surface area contributed by atoms with E-state index in [1.807, 2.05) is 24.3 Å². The summed E-state index contributed by atoms with van der Waals surface area (Å²) in [6.07, 6.45) is -2.31. The topological polar surface area (TPSA) is 51.1 Å². The van der Waals surface area contributed by atoms with Crippen LogP contribution in [0.1, 0.15) is 29.2 Å². The molecule has 126 valence electrons. The second-order valence-electron chi connectivity index (χ2n) is 5.74. The molecule has 1 aromatic heterocycles. The van der Waals surface area contributed by atoms with Crippen LogP contribution in [0.15, 0.2) is 47.4 Å². The van der Waals surface area contributed by atoms with Crippen molar-refractivity contribution in [3.63, 3.8) is 0 Å². The number of rotatable bonds is 3. The first-order chi connectivity index (χ1) is 11.3. The van der Waals surface area contributed by atoms with Crippen LogP contribution in [0.4, 0.5) is 13.2 Å². The van der Waals surface area contributed by atoms with Crippen LogP contribution in [0.5, 0.6) is 0 Å². The molecule has 0 bridgehead atoms. The first-order valence-electron chi connectivity index (χ1n) is 7.49. The summed E-state index contributed by atoms with van der Waals surface area (Å²) in [6, 6.07) is 9.06. The Balaban J connectivity index is 1.73. The van der Waals surface area contributed by atoms with Gasteiger partial charge in [-0.25, -0.2) is 0 Å². The Bertz CT molecular complexity index is 827. The summed E-state index contributed by atoms with van der Waals surface area (Å²) in [5.74, 6) is -0.488. The smallest absolute Gasteiger partial charge is 0.348 e. The number of carbonyl (C=O) groups excluding carboxylic acids is 1. The van der Waals surface area contributed by atoms with Gasteiger partial charge in [0.25, 0.3) is 5.56 Å². The number of amides is 1. The minimum Gasteiger partial charge on any atom is -0.348 e. The first kappa shape index (κ1) is 16.3. The summed E-state index contributed by atoms with van der Waals surface area (Å²) in [6.45, 7) is -0.443. The van der Waals surface area contributed by atoms with Crippen LogP contribution >= 0.6 is 0 Å². The van der Waals surface area contributed by atoms with E-state index in [0.29, 0.717) is 12.3 Å². The molecule has 4 nitrogen and oxygen atoms in total. The van der Waals surface area contributed by atoms with Gasteiger partial charge in [-0.1, -0.05) is 24.3 Å². The Morgan fingerprint density at radius 1 is 1.21 bits per heavy atom. The van der Waals surface area contributed by atoms with Crippen LogP contribution in [0.3, 0.4) is 0 Å². The third-order valence-corrected chi connectivity index (χ3v) is 4.09. The van der Waals surface area contributed by atoms with Gasteiger partial charge in [-0.3, -0.25) is 9.59 Å². The highest BCUT2D eigenvalue weighted by molar-refractivity contribution is 5.76. The van der Waals surface area contributed by atoms with Gasteiger partial charge in [-0.2, -0.15) is 13.2 Å². The van der Waals surface area contributed by atoms with Gasteiger partial charge in [0.1, 0.15) is 6.54 Å². The van der Waals surface area contributed by atoms with Gasteiger partial charge < -0.3 is 9.88 Å². The molecule has 1 amide bonds. The molecule has 0 radical (unpaired) electrons. The molecule has 1 aromatic carbocycles. The van der Waals surface area contributed by atoms with Crippen molar-refractivity contribution in [3.05, 3.63) is 69.6 Å². The highest BCUT2D eigenvalue weighted by atomic mass is 19.4. The van der Waals surface area contributed by atoms with Crippen LogP contribution in [0, 0.1) is 0 Å². The fourth-order valence-electron chi connectivity index (χ4n) is 2.92. The fraction of sp³-hybridized carbons (Fsp3) is 0.294. The molecule has 1 N–H and O–H groups in total. The number of halogens is 3. The predicted octanol–water partition coefficient (Wildman–Crippen LogP) is 2.67. The van der Waals surface area contributed by atoms with E-state index in [4.69, 9.17) is 0 Å². The lowest BCUT2D eigenvalue weighted by Crippen LogP contribution is -2.34. The Morgan fingerprint density at radius 2 is 1.96 bits per heavy atom. The lowest BCUT2D eigenvalue weighted by atomic mass is 10.1. The zero-order valence-corrected chi connectivity index (χ0v) is 12.6. The third kappa shape index (κ3) is 3.34. The maximum Gasteiger partial charge on any atom is 0.417 e. The van der Waals surface area contributed by atoms with Gasteiger partial charge in [0.15, 0.2) is 0 Å². The van der Waals surface area contributed by atoms with E-state index in [1.165, 1.54) is 0 Å².